The third-order valence-electron chi connectivity index (χ3n) is 3.64. The van der Waals surface area contributed by atoms with E-state index < -0.39 is 17.7 Å². The van der Waals surface area contributed by atoms with Crippen LogP contribution in [0.3, 0.4) is 0 Å². The van der Waals surface area contributed by atoms with Gasteiger partial charge in [-0.1, -0.05) is 12.5 Å². The summed E-state index contributed by atoms with van der Waals surface area (Å²) in [6.45, 7) is 10.5. The van der Waals surface area contributed by atoms with E-state index in [4.69, 9.17) is 4.74 Å². The van der Waals surface area contributed by atoms with Gasteiger partial charge in [-0.25, -0.2) is 9.59 Å². The predicted molar refractivity (Wildman–Crippen MR) is 95.2 cm³/mol. The normalized spacial score (nSPS) is 18.1. The van der Waals surface area contributed by atoms with Crippen molar-refractivity contribution in [2.24, 2.45) is 0 Å². The van der Waals surface area contributed by atoms with E-state index in [-0.39, 0.29) is 18.5 Å². The van der Waals surface area contributed by atoms with Gasteiger partial charge in [0.2, 0.25) is 5.91 Å². The number of carbonyl (C=O) groups is 3. The number of likely N-dealkylation sites (tertiary alicyclic amines) is 1. The maximum Gasteiger partial charge on any atom is 0.407 e. The van der Waals surface area contributed by atoms with Gasteiger partial charge in [-0.15, -0.1) is 6.58 Å². The Morgan fingerprint density at radius 2 is 1.96 bits per heavy atom. The van der Waals surface area contributed by atoms with Crippen LogP contribution in [0.15, 0.2) is 12.7 Å². The van der Waals surface area contributed by atoms with Crippen molar-refractivity contribution >= 4 is 18.0 Å². The topological polar surface area (TPSA) is 99.8 Å². The lowest BCUT2D eigenvalue weighted by Crippen LogP contribution is -2.52. The molecule has 1 aliphatic heterocycles. The standard InChI is InChI=1S/C17H30N4O4/c1-5-9-18-15(23)20-14(22)12-21-10-7-6-8-13(21)11-19-16(24)25-17(2,3)4/h5,13H,1,6-12H2,2-4H3,(H,19,24)(H2,18,20,22,23)/t13-/m1/s1. The Labute approximate surface area is 149 Å². The molecule has 142 valence electrons. The first kappa shape index (κ1) is 21.0. The highest BCUT2D eigenvalue weighted by Gasteiger charge is 2.26. The molecule has 1 aliphatic rings. The van der Waals surface area contributed by atoms with Crippen molar-refractivity contribution in [1.29, 1.82) is 0 Å². The Balaban J connectivity index is 2.45. The minimum Gasteiger partial charge on any atom is -0.444 e. The average Bonchev–Trinajstić information content (AvgIpc) is 2.50. The van der Waals surface area contributed by atoms with Gasteiger partial charge in [0.1, 0.15) is 5.60 Å². The minimum atomic E-state index is -0.547. The average molecular weight is 354 g/mol. The van der Waals surface area contributed by atoms with Gasteiger partial charge in [-0.2, -0.15) is 0 Å². The number of carbonyl (C=O) groups excluding carboxylic acids is 3. The van der Waals surface area contributed by atoms with E-state index in [1.54, 1.807) is 20.8 Å². The molecule has 0 aromatic rings. The van der Waals surface area contributed by atoms with E-state index in [0.717, 1.165) is 25.8 Å². The van der Waals surface area contributed by atoms with E-state index in [1.807, 2.05) is 4.90 Å². The van der Waals surface area contributed by atoms with Crippen molar-refractivity contribution in [2.45, 2.75) is 51.7 Å². The number of hydrogen-bond acceptors (Lipinski definition) is 5. The van der Waals surface area contributed by atoms with Crippen molar-refractivity contribution in [3.8, 4) is 0 Å². The summed E-state index contributed by atoms with van der Waals surface area (Å²) in [6.07, 6.45) is 3.97. The molecule has 1 rings (SSSR count). The number of imide groups is 1. The van der Waals surface area contributed by atoms with E-state index >= 15 is 0 Å². The second-order valence-electron chi connectivity index (χ2n) is 7.05. The Morgan fingerprint density at radius 3 is 2.60 bits per heavy atom. The molecule has 1 atom stereocenters. The lowest BCUT2D eigenvalue weighted by atomic mass is 10.0. The van der Waals surface area contributed by atoms with E-state index in [9.17, 15) is 14.4 Å². The van der Waals surface area contributed by atoms with Gasteiger partial charge in [0.25, 0.3) is 0 Å². The molecule has 0 aliphatic carbocycles. The number of rotatable bonds is 6. The van der Waals surface area contributed by atoms with Gasteiger partial charge >= 0.3 is 12.1 Å². The van der Waals surface area contributed by atoms with Crippen LogP contribution in [-0.2, 0) is 9.53 Å². The molecule has 1 fully saturated rings. The third-order valence-corrected chi connectivity index (χ3v) is 3.64. The molecule has 0 aromatic heterocycles. The monoisotopic (exact) mass is 354 g/mol. The van der Waals surface area contributed by atoms with Crippen LogP contribution >= 0.6 is 0 Å². The van der Waals surface area contributed by atoms with Gasteiger partial charge in [0.05, 0.1) is 6.54 Å². The first-order valence-corrected chi connectivity index (χ1v) is 8.60. The quantitative estimate of drug-likeness (QED) is 0.626. The number of ether oxygens (including phenoxy) is 1. The molecule has 3 N–H and O–H groups in total. The SMILES string of the molecule is C=CCNC(=O)NC(=O)CN1CCCC[C@@H]1CNC(=O)OC(C)(C)C. The molecule has 4 amide bonds. The second kappa shape index (κ2) is 10.0. The van der Waals surface area contributed by atoms with E-state index in [1.165, 1.54) is 6.08 Å². The molecule has 0 spiro atoms. The molecule has 1 heterocycles. The van der Waals surface area contributed by atoms with Gasteiger partial charge in [0.15, 0.2) is 0 Å². The number of urea groups is 1. The summed E-state index contributed by atoms with van der Waals surface area (Å²) in [6, 6.07) is -0.492. The number of nitrogens with zero attached hydrogens (tertiary/aromatic N) is 1. The molecule has 0 radical (unpaired) electrons. The zero-order valence-corrected chi connectivity index (χ0v) is 15.4. The zero-order valence-electron chi connectivity index (χ0n) is 15.4. The van der Waals surface area contributed by atoms with Crippen LogP contribution in [0.5, 0.6) is 0 Å². The smallest absolute Gasteiger partial charge is 0.407 e. The van der Waals surface area contributed by atoms with Crippen LogP contribution in [0.4, 0.5) is 9.59 Å². The summed E-state index contributed by atoms with van der Waals surface area (Å²) in [7, 11) is 0. The largest absolute Gasteiger partial charge is 0.444 e. The Bertz CT molecular complexity index is 488. The zero-order chi connectivity index (χ0) is 18.9. The van der Waals surface area contributed by atoms with Crippen molar-refractivity contribution in [2.75, 3.05) is 26.2 Å². The van der Waals surface area contributed by atoms with E-state index in [0.29, 0.717) is 13.1 Å². The minimum absolute atomic E-state index is 0.0447. The number of alkyl carbamates (subject to hydrolysis) is 1. The van der Waals surface area contributed by atoms with Crippen molar-refractivity contribution < 1.29 is 19.1 Å². The van der Waals surface area contributed by atoms with Gasteiger partial charge < -0.3 is 15.4 Å². The summed E-state index contributed by atoms with van der Waals surface area (Å²) in [5.41, 5.74) is -0.547. The summed E-state index contributed by atoms with van der Waals surface area (Å²) in [5, 5.41) is 7.54. The highest BCUT2D eigenvalue weighted by molar-refractivity contribution is 5.95. The molecule has 1 saturated heterocycles. The summed E-state index contributed by atoms with van der Waals surface area (Å²) < 4.78 is 5.23. The van der Waals surface area contributed by atoms with Crippen molar-refractivity contribution in [3.63, 3.8) is 0 Å². The number of nitrogens with one attached hydrogen (secondary N) is 3. The first-order valence-electron chi connectivity index (χ1n) is 8.60. The van der Waals surface area contributed by atoms with Crippen LogP contribution < -0.4 is 16.0 Å². The number of piperidine rings is 1. The Kier molecular flexibility index (Phi) is 8.40. The van der Waals surface area contributed by atoms with Gasteiger partial charge in [-0.3, -0.25) is 15.0 Å². The molecule has 0 bridgehead atoms. The number of amides is 4. The molecule has 0 saturated carbocycles. The van der Waals surface area contributed by atoms with Crippen LogP contribution in [0.1, 0.15) is 40.0 Å². The molecule has 8 heteroatoms. The van der Waals surface area contributed by atoms with E-state index in [2.05, 4.69) is 22.5 Å². The summed E-state index contributed by atoms with van der Waals surface area (Å²) >= 11 is 0. The Morgan fingerprint density at radius 1 is 1.24 bits per heavy atom. The third kappa shape index (κ3) is 9.09. The fourth-order valence-corrected chi connectivity index (χ4v) is 2.57. The maximum absolute atomic E-state index is 12.0. The molecule has 25 heavy (non-hydrogen) atoms. The molecular formula is C17H30N4O4. The lowest BCUT2D eigenvalue weighted by Gasteiger charge is -2.35. The maximum atomic E-state index is 12.0. The lowest BCUT2D eigenvalue weighted by molar-refractivity contribution is -0.122. The van der Waals surface area contributed by atoms with Crippen molar-refractivity contribution in [1.82, 2.24) is 20.9 Å². The summed E-state index contributed by atoms with van der Waals surface area (Å²) in [4.78, 5) is 37.3. The molecule has 0 aromatic carbocycles. The van der Waals surface area contributed by atoms with Crippen molar-refractivity contribution in [3.05, 3.63) is 12.7 Å². The fraction of sp³-hybridized carbons (Fsp3) is 0.706. The Hall–Kier alpha value is -2.09. The van der Waals surface area contributed by atoms with Gasteiger partial charge in [0, 0.05) is 19.1 Å². The highest BCUT2D eigenvalue weighted by Crippen LogP contribution is 2.16. The second-order valence-corrected chi connectivity index (χ2v) is 7.05. The summed E-state index contributed by atoms with van der Waals surface area (Å²) in [5.74, 6) is -0.370. The highest BCUT2D eigenvalue weighted by atomic mass is 16.6. The van der Waals surface area contributed by atoms with Crippen LogP contribution in [0.25, 0.3) is 0 Å². The van der Waals surface area contributed by atoms with Crippen LogP contribution in [0, 0.1) is 0 Å². The predicted octanol–water partition coefficient (Wildman–Crippen LogP) is 1.38. The molecule has 8 nitrogen and oxygen atoms in total. The number of hydrogen-bond donors (Lipinski definition) is 3. The fourth-order valence-electron chi connectivity index (χ4n) is 2.57. The van der Waals surface area contributed by atoms with Crippen LogP contribution in [-0.4, -0.2) is 60.8 Å². The molecular weight excluding hydrogens is 324 g/mol. The van der Waals surface area contributed by atoms with Gasteiger partial charge in [-0.05, 0) is 40.2 Å². The molecule has 0 unspecified atom stereocenters. The first-order chi connectivity index (χ1) is 11.7. The van der Waals surface area contributed by atoms with Crippen LogP contribution in [0.2, 0.25) is 0 Å².